The normalized spacial score (nSPS) is 13.7. The van der Waals surface area contributed by atoms with E-state index in [0.717, 1.165) is 17.0 Å². The number of rotatable bonds is 13. The van der Waals surface area contributed by atoms with Crippen molar-refractivity contribution < 1.29 is 35.1 Å². The van der Waals surface area contributed by atoms with Gasteiger partial charge in [0.1, 0.15) is 4.90 Å². The zero-order valence-corrected chi connectivity index (χ0v) is 21.4. The fraction of sp³-hybridized carbons (Fsp3) is 0.429. The Bertz CT molecular complexity index is 1180. The second kappa shape index (κ2) is 12.4. The van der Waals surface area contributed by atoms with Crippen molar-refractivity contribution in [2.75, 3.05) is 37.3 Å². The zero-order valence-electron chi connectivity index (χ0n) is 18.9. The molecule has 0 spiro atoms. The second-order valence-electron chi connectivity index (χ2n) is 7.56. The highest BCUT2D eigenvalue weighted by molar-refractivity contribution is 7.99. The van der Waals surface area contributed by atoms with Crippen LogP contribution in [0, 0.1) is 0 Å². The van der Waals surface area contributed by atoms with Crippen molar-refractivity contribution in [1.82, 2.24) is 4.90 Å². The number of nitrogens with two attached hydrogens (primary N) is 1. The summed E-state index contributed by atoms with van der Waals surface area (Å²) in [6, 6.07) is 11.1. The summed E-state index contributed by atoms with van der Waals surface area (Å²) < 4.78 is 88.1. The number of thioether (sulfide) groups is 1. The van der Waals surface area contributed by atoms with Crippen LogP contribution >= 0.6 is 11.8 Å². The van der Waals surface area contributed by atoms with Gasteiger partial charge in [0.15, 0.2) is 0 Å². The largest absolute Gasteiger partial charge is 0.501 e. The third kappa shape index (κ3) is 8.36. The van der Waals surface area contributed by atoms with E-state index in [1.807, 2.05) is 42.2 Å². The van der Waals surface area contributed by atoms with E-state index < -0.39 is 41.2 Å². The first kappa shape index (κ1) is 29.4. The lowest BCUT2D eigenvalue weighted by Gasteiger charge is -2.26. The van der Waals surface area contributed by atoms with Crippen LogP contribution < -0.4 is 10.5 Å². The fourth-order valence-corrected chi connectivity index (χ4v) is 5.74. The molecule has 4 N–H and O–H groups in total. The van der Waals surface area contributed by atoms with E-state index in [1.54, 1.807) is 0 Å². The van der Waals surface area contributed by atoms with Crippen molar-refractivity contribution in [3.05, 3.63) is 48.5 Å². The van der Waals surface area contributed by atoms with E-state index in [9.17, 15) is 35.1 Å². The molecule has 0 fully saturated rings. The van der Waals surface area contributed by atoms with E-state index in [1.165, 1.54) is 11.8 Å². The van der Waals surface area contributed by atoms with E-state index in [4.69, 9.17) is 5.14 Å². The van der Waals surface area contributed by atoms with Crippen LogP contribution in [0.3, 0.4) is 0 Å². The molecule has 0 aromatic heterocycles. The molecule has 0 saturated carbocycles. The van der Waals surface area contributed by atoms with Crippen molar-refractivity contribution in [3.8, 4) is 0 Å². The van der Waals surface area contributed by atoms with Gasteiger partial charge in [0.05, 0.1) is 17.2 Å². The predicted molar refractivity (Wildman–Crippen MR) is 129 cm³/mol. The molecule has 0 heterocycles. The number of nitrogens with zero attached hydrogens (tertiary/aromatic N) is 1. The standard InChI is InChI=1S/C21H28F3N3O5S3/c1-2-27(12-13-28)11-10-16(15-33-17-6-4-3-5-7-17)26-19-9-8-18(35(25,31)32)14-20(19)34(29,30)21(22,23)24/h3-9,14,16,26,28H,2,10-13,15H2,1H3,(H2,25,31,32)/t16-/m1/s1. The molecule has 0 aliphatic rings. The molecular weight excluding hydrogens is 527 g/mol. The molecule has 1 atom stereocenters. The van der Waals surface area contributed by atoms with E-state index >= 15 is 0 Å². The Balaban J connectivity index is 2.43. The Labute approximate surface area is 207 Å². The highest BCUT2D eigenvalue weighted by Crippen LogP contribution is 2.36. The maximum Gasteiger partial charge on any atom is 0.501 e. The molecule has 0 amide bonds. The molecule has 2 aromatic rings. The number of likely N-dealkylation sites (N-methyl/N-ethyl adjacent to an activating group) is 1. The molecule has 0 aliphatic heterocycles. The smallest absolute Gasteiger partial charge is 0.395 e. The van der Waals surface area contributed by atoms with Crippen LogP contribution in [0.5, 0.6) is 0 Å². The molecule has 2 rings (SSSR count). The number of primary sulfonamides is 1. The van der Waals surface area contributed by atoms with Gasteiger partial charge in [-0.15, -0.1) is 11.8 Å². The minimum Gasteiger partial charge on any atom is -0.395 e. The summed E-state index contributed by atoms with van der Waals surface area (Å²) in [4.78, 5) is 0.893. The number of nitrogens with one attached hydrogen (secondary N) is 1. The number of sulfonamides is 1. The van der Waals surface area contributed by atoms with Crippen LogP contribution in [-0.2, 0) is 19.9 Å². The lowest BCUT2D eigenvalue weighted by Crippen LogP contribution is -2.34. The van der Waals surface area contributed by atoms with Crippen LogP contribution in [0.1, 0.15) is 13.3 Å². The molecule has 0 radical (unpaired) electrons. The SMILES string of the molecule is CCN(CCO)CC[C@H](CSc1ccccc1)Nc1ccc(S(N)(=O)=O)cc1S(=O)(=O)C(F)(F)F. The van der Waals surface area contributed by atoms with Gasteiger partial charge in [0, 0.05) is 29.8 Å². The summed E-state index contributed by atoms with van der Waals surface area (Å²) in [6.45, 7) is 3.37. The van der Waals surface area contributed by atoms with E-state index in [-0.39, 0.29) is 12.3 Å². The number of hydrogen-bond donors (Lipinski definition) is 3. The maximum absolute atomic E-state index is 13.4. The average molecular weight is 556 g/mol. The molecule has 14 heteroatoms. The number of hydrogen-bond acceptors (Lipinski definition) is 8. The van der Waals surface area contributed by atoms with Gasteiger partial charge >= 0.3 is 5.51 Å². The van der Waals surface area contributed by atoms with Crippen molar-refractivity contribution in [2.24, 2.45) is 5.14 Å². The third-order valence-corrected chi connectivity index (χ3v) is 8.70. The first-order valence-corrected chi connectivity index (χ1v) is 14.6. The summed E-state index contributed by atoms with van der Waals surface area (Å²) in [6.07, 6.45) is 0.413. The second-order valence-corrected chi connectivity index (χ2v) is 12.1. The Morgan fingerprint density at radius 2 is 1.74 bits per heavy atom. The lowest BCUT2D eigenvalue weighted by atomic mass is 10.2. The summed E-state index contributed by atoms with van der Waals surface area (Å²) in [5.41, 5.74) is -6.02. The van der Waals surface area contributed by atoms with Gasteiger partial charge in [-0.3, -0.25) is 0 Å². The molecule has 0 saturated heterocycles. The molecule has 0 bridgehead atoms. The van der Waals surface area contributed by atoms with Crippen LogP contribution in [0.25, 0.3) is 0 Å². The summed E-state index contributed by atoms with van der Waals surface area (Å²) in [5.74, 6) is 0.378. The van der Waals surface area contributed by atoms with Gasteiger partial charge in [-0.05, 0) is 43.3 Å². The van der Waals surface area contributed by atoms with Crippen molar-refractivity contribution in [1.29, 1.82) is 0 Å². The van der Waals surface area contributed by atoms with Crippen LogP contribution in [0.2, 0.25) is 0 Å². The molecule has 0 unspecified atom stereocenters. The van der Waals surface area contributed by atoms with Crippen molar-refractivity contribution in [2.45, 2.75) is 39.6 Å². The topological polar surface area (TPSA) is 130 Å². The van der Waals surface area contributed by atoms with Gasteiger partial charge in [0.25, 0.3) is 9.84 Å². The lowest BCUT2D eigenvalue weighted by molar-refractivity contribution is -0.0435. The van der Waals surface area contributed by atoms with Crippen molar-refractivity contribution in [3.63, 3.8) is 0 Å². The molecule has 8 nitrogen and oxygen atoms in total. The number of alkyl halides is 3. The Morgan fingerprint density at radius 3 is 2.29 bits per heavy atom. The number of benzene rings is 2. The van der Waals surface area contributed by atoms with Crippen molar-refractivity contribution >= 4 is 37.3 Å². The molecule has 0 aliphatic carbocycles. The minimum atomic E-state index is -5.88. The number of anilines is 1. The van der Waals surface area contributed by atoms with Gasteiger partial charge in [-0.25, -0.2) is 22.0 Å². The third-order valence-electron chi connectivity index (χ3n) is 5.09. The molecule has 2 aromatic carbocycles. The number of aliphatic hydroxyl groups is 1. The van der Waals surface area contributed by atoms with Crippen LogP contribution in [-0.4, -0.2) is 70.4 Å². The number of aliphatic hydroxyl groups excluding tert-OH is 1. The average Bonchev–Trinajstić information content (AvgIpc) is 2.79. The Hall–Kier alpha value is -1.84. The molecular formula is C21H28F3N3O5S3. The summed E-state index contributed by atoms with van der Waals surface area (Å²) >= 11 is 1.43. The van der Waals surface area contributed by atoms with Gasteiger partial charge in [-0.1, -0.05) is 25.1 Å². The van der Waals surface area contributed by atoms with E-state index in [0.29, 0.717) is 37.9 Å². The van der Waals surface area contributed by atoms with Crippen LogP contribution in [0.4, 0.5) is 18.9 Å². The first-order valence-electron chi connectivity index (χ1n) is 10.6. The van der Waals surface area contributed by atoms with E-state index in [2.05, 4.69) is 5.32 Å². The molecule has 35 heavy (non-hydrogen) atoms. The van der Waals surface area contributed by atoms with Gasteiger partial charge < -0.3 is 15.3 Å². The monoisotopic (exact) mass is 555 g/mol. The molecule has 196 valence electrons. The van der Waals surface area contributed by atoms with Crippen LogP contribution in [0.15, 0.2) is 63.2 Å². The quantitative estimate of drug-likeness (QED) is 0.322. The summed E-state index contributed by atoms with van der Waals surface area (Å²) in [5, 5.41) is 17.1. The number of halogens is 3. The Morgan fingerprint density at radius 1 is 1.09 bits per heavy atom. The van der Waals surface area contributed by atoms with Gasteiger partial charge in [-0.2, -0.15) is 13.2 Å². The highest BCUT2D eigenvalue weighted by Gasteiger charge is 2.48. The zero-order chi connectivity index (χ0) is 26.3. The fourth-order valence-electron chi connectivity index (χ4n) is 3.18. The predicted octanol–water partition coefficient (Wildman–Crippen LogP) is 2.90. The van der Waals surface area contributed by atoms with Gasteiger partial charge in [0.2, 0.25) is 10.0 Å². The summed E-state index contributed by atoms with van der Waals surface area (Å²) in [7, 11) is -10.3. The maximum atomic E-state index is 13.4. The minimum absolute atomic E-state index is 0.0618. The Kier molecular flexibility index (Phi) is 10.4. The highest BCUT2D eigenvalue weighted by atomic mass is 32.2. The number of sulfone groups is 1. The first-order chi connectivity index (χ1) is 16.3.